The second kappa shape index (κ2) is 6.62. The Morgan fingerprint density at radius 2 is 2.10 bits per heavy atom. The van der Waals surface area contributed by atoms with Crippen LogP contribution in [0.1, 0.15) is 30.2 Å². The zero-order valence-corrected chi connectivity index (χ0v) is 12.5. The molecule has 2 heterocycles. The summed E-state index contributed by atoms with van der Waals surface area (Å²) >= 11 is 0. The standard InChI is InChI=1S/C14H22N4O3/c1-3-11-4-5-12(21-11)14(19)18-8-6-17(7-9-18)10(2)13(15)16-20/h4-5,10,20H,3,6-9H2,1-2H3,(H2,15,16). The smallest absolute Gasteiger partial charge is 0.289 e. The van der Waals surface area contributed by atoms with E-state index in [1.54, 1.807) is 11.0 Å². The molecule has 1 atom stereocenters. The lowest BCUT2D eigenvalue weighted by Crippen LogP contribution is -2.54. The fourth-order valence-corrected chi connectivity index (χ4v) is 2.42. The summed E-state index contributed by atoms with van der Waals surface area (Å²) in [5.74, 6) is 1.32. The number of carbonyl (C=O) groups excluding carboxylic acids is 1. The van der Waals surface area contributed by atoms with Crippen molar-refractivity contribution < 1.29 is 14.4 Å². The van der Waals surface area contributed by atoms with Gasteiger partial charge in [0.25, 0.3) is 5.91 Å². The molecule has 0 spiro atoms. The Morgan fingerprint density at radius 3 is 2.62 bits per heavy atom. The van der Waals surface area contributed by atoms with Crippen molar-refractivity contribution in [1.29, 1.82) is 0 Å². The molecule has 1 aromatic rings. The Morgan fingerprint density at radius 1 is 1.43 bits per heavy atom. The van der Waals surface area contributed by atoms with E-state index in [1.807, 2.05) is 19.9 Å². The largest absolute Gasteiger partial charge is 0.456 e. The third-order valence-corrected chi connectivity index (χ3v) is 3.91. The molecule has 0 aromatic carbocycles. The van der Waals surface area contributed by atoms with Gasteiger partial charge in [0, 0.05) is 32.6 Å². The van der Waals surface area contributed by atoms with Gasteiger partial charge in [-0.1, -0.05) is 12.1 Å². The number of nitrogens with two attached hydrogens (primary N) is 1. The van der Waals surface area contributed by atoms with Crippen LogP contribution in [0, 0.1) is 0 Å². The minimum absolute atomic E-state index is 0.0780. The monoisotopic (exact) mass is 294 g/mol. The first-order chi connectivity index (χ1) is 10.1. The lowest BCUT2D eigenvalue weighted by Gasteiger charge is -2.37. The maximum atomic E-state index is 12.3. The maximum absolute atomic E-state index is 12.3. The molecular weight excluding hydrogens is 272 g/mol. The normalized spacial score (nSPS) is 18.8. The van der Waals surface area contributed by atoms with E-state index in [-0.39, 0.29) is 17.8 Å². The van der Waals surface area contributed by atoms with Crippen LogP contribution in [-0.4, -0.2) is 59.0 Å². The van der Waals surface area contributed by atoms with Gasteiger partial charge >= 0.3 is 0 Å². The fraction of sp³-hybridized carbons (Fsp3) is 0.571. The molecule has 1 aliphatic heterocycles. The van der Waals surface area contributed by atoms with Crippen molar-refractivity contribution in [3.63, 3.8) is 0 Å². The van der Waals surface area contributed by atoms with E-state index >= 15 is 0 Å². The number of aryl methyl sites for hydroxylation is 1. The zero-order chi connectivity index (χ0) is 15.4. The number of amides is 1. The fourth-order valence-electron chi connectivity index (χ4n) is 2.42. The molecule has 2 rings (SSSR count). The highest BCUT2D eigenvalue weighted by Gasteiger charge is 2.27. The highest BCUT2D eigenvalue weighted by atomic mass is 16.4. The summed E-state index contributed by atoms with van der Waals surface area (Å²) in [6.07, 6.45) is 0.776. The van der Waals surface area contributed by atoms with Gasteiger partial charge in [-0.25, -0.2) is 0 Å². The third kappa shape index (κ3) is 3.36. The molecule has 0 bridgehead atoms. The van der Waals surface area contributed by atoms with Gasteiger partial charge in [-0.05, 0) is 19.1 Å². The Bertz CT molecular complexity index is 518. The molecule has 1 amide bonds. The molecule has 1 unspecified atom stereocenters. The molecular formula is C14H22N4O3. The molecule has 7 nitrogen and oxygen atoms in total. The number of furan rings is 1. The molecule has 1 saturated heterocycles. The summed E-state index contributed by atoms with van der Waals surface area (Å²) in [6, 6.07) is 3.43. The quantitative estimate of drug-likeness (QED) is 0.369. The average Bonchev–Trinajstić information content (AvgIpc) is 3.02. The first-order valence-electron chi connectivity index (χ1n) is 7.16. The van der Waals surface area contributed by atoms with Crippen molar-refractivity contribution in [3.8, 4) is 0 Å². The lowest BCUT2D eigenvalue weighted by molar-refractivity contribution is 0.0587. The summed E-state index contributed by atoms with van der Waals surface area (Å²) < 4.78 is 5.50. The van der Waals surface area contributed by atoms with Gasteiger partial charge in [-0.15, -0.1) is 0 Å². The van der Waals surface area contributed by atoms with Crippen LogP contribution in [0.5, 0.6) is 0 Å². The first-order valence-corrected chi connectivity index (χ1v) is 7.16. The van der Waals surface area contributed by atoms with E-state index in [0.717, 1.165) is 12.2 Å². The Kier molecular flexibility index (Phi) is 4.85. The maximum Gasteiger partial charge on any atom is 0.289 e. The third-order valence-electron chi connectivity index (χ3n) is 3.91. The SMILES string of the molecule is CCc1ccc(C(=O)N2CCN(C(C)C(N)=NO)CC2)o1. The van der Waals surface area contributed by atoms with E-state index in [0.29, 0.717) is 31.9 Å². The minimum atomic E-state index is -0.137. The first kappa shape index (κ1) is 15.4. The predicted molar refractivity (Wildman–Crippen MR) is 78.4 cm³/mol. The number of carbonyl (C=O) groups is 1. The van der Waals surface area contributed by atoms with Gasteiger partial charge in [0.15, 0.2) is 11.6 Å². The van der Waals surface area contributed by atoms with Crippen LogP contribution in [0.4, 0.5) is 0 Å². The number of oxime groups is 1. The number of hydrogen-bond donors (Lipinski definition) is 2. The predicted octanol–water partition coefficient (Wildman–Crippen LogP) is 0.735. The van der Waals surface area contributed by atoms with E-state index < -0.39 is 0 Å². The number of nitrogens with zero attached hydrogens (tertiary/aromatic N) is 3. The molecule has 0 saturated carbocycles. The van der Waals surface area contributed by atoms with E-state index in [4.69, 9.17) is 15.4 Å². The van der Waals surface area contributed by atoms with E-state index in [2.05, 4.69) is 10.1 Å². The number of amidine groups is 1. The summed E-state index contributed by atoms with van der Waals surface area (Å²) in [6.45, 7) is 6.44. The van der Waals surface area contributed by atoms with Gasteiger partial charge in [-0.2, -0.15) is 0 Å². The highest BCUT2D eigenvalue weighted by Crippen LogP contribution is 2.14. The van der Waals surface area contributed by atoms with Crippen molar-refractivity contribution >= 4 is 11.7 Å². The summed E-state index contributed by atoms with van der Waals surface area (Å²) in [5, 5.41) is 11.7. The van der Waals surface area contributed by atoms with Crippen LogP contribution in [0.15, 0.2) is 21.7 Å². The van der Waals surface area contributed by atoms with Crippen LogP contribution >= 0.6 is 0 Å². The Balaban J connectivity index is 1.93. The van der Waals surface area contributed by atoms with E-state index in [9.17, 15) is 4.79 Å². The average molecular weight is 294 g/mol. The zero-order valence-electron chi connectivity index (χ0n) is 12.5. The Labute approximate surface area is 124 Å². The summed E-state index contributed by atoms with van der Waals surface area (Å²) in [7, 11) is 0. The number of rotatable bonds is 4. The van der Waals surface area contributed by atoms with Gasteiger partial charge in [0.05, 0.1) is 6.04 Å². The van der Waals surface area contributed by atoms with Gasteiger partial charge < -0.3 is 20.3 Å². The van der Waals surface area contributed by atoms with Gasteiger partial charge in [0.2, 0.25) is 0 Å². The minimum Gasteiger partial charge on any atom is -0.456 e. The molecule has 0 aliphatic carbocycles. The van der Waals surface area contributed by atoms with Crippen molar-refractivity contribution in [1.82, 2.24) is 9.80 Å². The second-order valence-electron chi connectivity index (χ2n) is 5.15. The van der Waals surface area contributed by atoms with Crippen molar-refractivity contribution in [2.45, 2.75) is 26.3 Å². The molecule has 7 heteroatoms. The van der Waals surface area contributed by atoms with E-state index in [1.165, 1.54) is 0 Å². The molecule has 1 fully saturated rings. The number of hydrogen-bond acceptors (Lipinski definition) is 5. The topological polar surface area (TPSA) is 95.3 Å². The van der Waals surface area contributed by atoms with Crippen LogP contribution in [0.3, 0.4) is 0 Å². The van der Waals surface area contributed by atoms with Crippen LogP contribution < -0.4 is 5.73 Å². The highest BCUT2D eigenvalue weighted by molar-refractivity contribution is 5.91. The second-order valence-corrected chi connectivity index (χ2v) is 5.15. The van der Waals surface area contributed by atoms with Crippen LogP contribution in [0.2, 0.25) is 0 Å². The summed E-state index contributed by atoms with van der Waals surface area (Å²) in [5.41, 5.74) is 5.61. The molecule has 1 aliphatic rings. The van der Waals surface area contributed by atoms with Gasteiger partial charge in [0.1, 0.15) is 5.76 Å². The number of piperazine rings is 1. The van der Waals surface area contributed by atoms with Crippen molar-refractivity contribution in [3.05, 3.63) is 23.7 Å². The molecule has 116 valence electrons. The Hall–Kier alpha value is -2.02. The van der Waals surface area contributed by atoms with Crippen LogP contribution in [-0.2, 0) is 6.42 Å². The molecule has 1 aromatic heterocycles. The van der Waals surface area contributed by atoms with Crippen LogP contribution in [0.25, 0.3) is 0 Å². The van der Waals surface area contributed by atoms with Crippen molar-refractivity contribution in [2.75, 3.05) is 26.2 Å². The molecule has 3 N–H and O–H groups in total. The molecule has 21 heavy (non-hydrogen) atoms. The molecule has 0 radical (unpaired) electrons. The summed E-state index contributed by atoms with van der Waals surface area (Å²) in [4.78, 5) is 16.2. The lowest BCUT2D eigenvalue weighted by atomic mass is 10.2. The van der Waals surface area contributed by atoms with Gasteiger partial charge in [-0.3, -0.25) is 9.69 Å². The van der Waals surface area contributed by atoms with Crippen molar-refractivity contribution in [2.24, 2.45) is 10.9 Å².